The molecule has 3 aromatic carbocycles. The highest BCUT2D eigenvalue weighted by Gasteiger charge is 2.22. The van der Waals surface area contributed by atoms with Crippen molar-refractivity contribution < 1.29 is 13.9 Å². The highest BCUT2D eigenvalue weighted by Crippen LogP contribution is 2.19. The van der Waals surface area contributed by atoms with E-state index in [1.165, 1.54) is 17.7 Å². The van der Waals surface area contributed by atoms with Crippen LogP contribution >= 0.6 is 0 Å². The summed E-state index contributed by atoms with van der Waals surface area (Å²) >= 11 is 0. The highest BCUT2D eigenvalue weighted by atomic mass is 19.1. The van der Waals surface area contributed by atoms with Gasteiger partial charge in [-0.05, 0) is 79.6 Å². The summed E-state index contributed by atoms with van der Waals surface area (Å²) in [4.78, 5) is 22.2. The first kappa shape index (κ1) is 24.3. The Morgan fingerprint density at radius 3 is 2.34 bits per heavy atom. The Hall–Kier alpha value is -3.87. The number of aliphatic imine (C=N–C) groups is 1. The number of guanidine groups is 1. The predicted molar refractivity (Wildman–Crippen MR) is 138 cm³/mol. The zero-order valence-corrected chi connectivity index (χ0v) is 20.2. The van der Waals surface area contributed by atoms with Gasteiger partial charge in [0.15, 0.2) is 0 Å². The van der Waals surface area contributed by atoms with Crippen molar-refractivity contribution in [1.82, 2.24) is 10.2 Å². The minimum atomic E-state index is -0.242. The molecule has 1 fully saturated rings. The Morgan fingerprint density at radius 2 is 1.69 bits per heavy atom. The van der Waals surface area contributed by atoms with Crippen LogP contribution in [0.3, 0.4) is 0 Å². The van der Waals surface area contributed by atoms with Crippen LogP contribution in [0.5, 0.6) is 5.75 Å². The van der Waals surface area contributed by atoms with Gasteiger partial charge in [-0.25, -0.2) is 9.38 Å². The second-order valence-electron chi connectivity index (χ2n) is 8.32. The highest BCUT2D eigenvalue weighted by molar-refractivity contribution is 6.06. The summed E-state index contributed by atoms with van der Waals surface area (Å²) < 4.78 is 18.8. The van der Waals surface area contributed by atoms with Gasteiger partial charge in [0.2, 0.25) is 5.96 Å². The molecule has 1 aliphatic rings. The topological polar surface area (TPSA) is 57.2 Å². The third-order valence-corrected chi connectivity index (χ3v) is 5.98. The predicted octanol–water partition coefficient (Wildman–Crippen LogP) is 5.03. The van der Waals surface area contributed by atoms with Gasteiger partial charge < -0.3 is 14.5 Å². The van der Waals surface area contributed by atoms with Gasteiger partial charge >= 0.3 is 0 Å². The van der Waals surface area contributed by atoms with Gasteiger partial charge in [0.1, 0.15) is 11.6 Å². The third kappa shape index (κ3) is 6.38. The van der Waals surface area contributed by atoms with Crippen LogP contribution in [0, 0.1) is 5.82 Å². The van der Waals surface area contributed by atoms with Gasteiger partial charge in [-0.1, -0.05) is 19.1 Å². The van der Waals surface area contributed by atoms with Crippen LogP contribution in [-0.4, -0.2) is 49.6 Å². The average Bonchev–Trinajstić information content (AvgIpc) is 2.89. The molecule has 0 atom stereocenters. The van der Waals surface area contributed by atoms with E-state index in [0.29, 0.717) is 31.2 Å². The van der Waals surface area contributed by atoms with Gasteiger partial charge in [0.25, 0.3) is 5.91 Å². The number of carbonyl (C=O) groups excluding carboxylic acids is 1. The molecule has 182 valence electrons. The van der Waals surface area contributed by atoms with Crippen molar-refractivity contribution in [2.75, 3.05) is 37.7 Å². The van der Waals surface area contributed by atoms with Crippen molar-refractivity contribution >= 4 is 23.2 Å². The SMILES string of the molecule is CCOc1ccc(C(=O)NC(=Nc2cccc(CC)c2)N2CCN(c3ccc(F)cc3)CC2)cc1. The van der Waals surface area contributed by atoms with Gasteiger partial charge in [-0.15, -0.1) is 0 Å². The quantitative estimate of drug-likeness (QED) is 0.402. The van der Waals surface area contributed by atoms with Crippen molar-refractivity contribution in [3.8, 4) is 5.75 Å². The first-order valence-electron chi connectivity index (χ1n) is 12.0. The summed E-state index contributed by atoms with van der Waals surface area (Å²) in [6, 6.07) is 21.7. The normalized spacial score (nSPS) is 14.1. The molecule has 1 amide bonds. The lowest BCUT2D eigenvalue weighted by Gasteiger charge is -2.37. The molecule has 3 aromatic rings. The van der Waals surface area contributed by atoms with E-state index in [4.69, 9.17) is 9.73 Å². The summed E-state index contributed by atoms with van der Waals surface area (Å²) in [7, 11) is 0. The molecule has 0 bridgehead atoms. The Kier molecular flexibility index (Phi) is 7.98. The Morgan fingerprint density at radius 1 is 0.971 bits per heavy atom. The number of hydrogen-bond donors (Lipinski definition) is 1. The van der Waals surface area contributed by atoms with Crippen LogP contribution in [0.4, 0.5) is 15.8 Å². The second kappa shape index (κ2) is 11.5. The van der Waals surface area contributed by atoms with Crippen molar-refractivity contribution in [3.05, 3.63) is 89.7 Å². The molecule has 1 aliphatic heterocycles. The minimum Gasteiger partial charge on any atom is -0.494 e. The molecule has 1 heterocycles. The van der Waals surface area contributed by atoms with Gasteiger partial charge in [0.05, 0.1) is 12.3 Å². The number of anilines is 1. The smallest absolute Gasteiger partial charge is 0.257 e. The van der Waals surface area contributed by atoms with E-state index in [-0.39, 0.29) is 11.7 Å². The van der Waals surface area contributed by atoms with Crippen LogP contribution < -0.4 is 15.0 Å². The minimum absolute atomic E-state index is 0.223. The maximum Gasteiger partial charge on any atom is 0.257 e. The van der Waals surface area contributed by atoms with Crippen molar-refractivity contribution in [2.45, 2.75) is 20.3 Å². The molecule has 0 radical (unpaired) electrons. The third-order valence-electron chi connectivity index (χ3n) is 5.98. The average molecular weight is 475 g/mol. The molecule has 35 heavy (non-hydrogen) atoms. The van der Waals surface area contributed by atoms with Crippen LogP contribution in [0.1, 0.15) is 29.8 Å². The second-order valence-corrected chi connectivity index (χ2v) is 8.32. The molecule has 4 rings (SSSR count). The zero-order valence-electron chi connectivity index (χ0n) is 20.2. The number of halogens is 1. The van der Waals surface area contributed by atoms with Crippen LogP contribution in [0.2, 0.25) is 0 Å². The molecule has 6 nitrogen and oxygen atoms in total. The number of rotatable bonds is 6. The van der Waals surface area contributed by atoms with E-state index < -0.39 is 0 Å². The lowest BCUT2D eigenvalue weighted by molar-refractivity contribution is 0.0971. The number of carbonyl (C=O) groups is 1. The summed E-state index contributed by atoms with van der Waals surface area (Å²) in [6.07, 6.45) is 0.910. The van der Waals surface area contributed by atoms with Gasteiger partial charge in [0, 0.05) is 37.4 Å². The van der Waals surface area contributed by atoms with E-state index in [0.717, 1.165) is 36.6 Å². The molecule has 0 aromatic heterocycles. The largest absolute Gasteiger partial charge is 0.494 e. The number of piperazine rings is 1. The number of benzene rings is 3. The first-order chi connectivity index (χ1) is 17.1. The lowest BCUT2D eigenvalue weighted by atomic mass is 10.1. The Balaban J connectivity index is 1.53. The fraction of sp³-hybridized carbons (Fsp3) is 0.286. The summed E-state index contributed by atoms with van der Waals surface area (Å²) in [5.41, 5.74) is 3.50. The number of hydrogen-bond acceptors (Lipinski definition) is 4. The van der Waals surface area contributed by atoms with Crippen LogP contribution in [0.25, 0.3) is 0 Å². The van der Waals surface area contributed by atoms with E-state index in [1.54, 1.807) is 36.4 Å². The standard InChI is InChI=1S/C28H31FN4O2/c1-3-21-6-5-7-24(20-21)30-28(31-27(34)22-8-14-26(15-9-22)35-4-2)33-18-16-32(17-19-33)25-12-10-23(29)11-13-25/h5-15,20H,3-4,16-19H2,1-2H3,(H,30,31,34). The Bertz CT molecular complexity index is 1150. The van der Waals surface area contributed by atoms with E-state index >= 15 is 0 Å². The zero-order chi connectivity index (χ0) is 24.6. The van der Waals surface area contributed by atoms with E-state index in [1.807, 2.05) is 25.1 Å². The van der Waals surface area contributed by atoms with E-state index in [2.05, 4.69) is 28.1 Å². The molecule has 7 heteroatoms. The fourth-order valence-corrected chi connectivity index (χ4v) is 4.02. The van der Waals surface area contributed by atoms with Crippen molar-refractivity contribution in [2.24, 2.45) is 4.99 Å². The molecule has 1 N–H and O–H groups in total. The van der Waals surface area contributed by atoms with Crippen molar-refractivity contribution in [1.29, 1.82) is 0 Å². The summed E-state index contributed by atoms with van der Waals surface area (Å²) in [5, 5.41) is 3.03. The maximum absolute atomic E-state index is 13.3. The first-order valence-corrected chi connectivity index (χ1v) is 12.0. The molecule has 0 aliphatic carbocycles. The lowest BCUT2D eigenvalue weighted by Crippen LogP contribution is -2.53. The van der Waals surface area contributed by atoms with E-state index in [9.17, 15) is 9.18 Å². The maximum atomic E-state index is 13.3. The monoisotopic (exact) mass is 474 g/mol. The molecule has 1 saturated heterocycles. The van der Waals surface area contributed by atoms with Gasteiger partial charge in [-0.3, -0.25) is 10.1 Å². The van der Waals surface area contributed by atoms with Crippen LogP contribution in [0.15, 0.2) is 77.8 Å². The number of aryl methyl sites for hydroxylation is 1. The Labute approximate surface area is 206 Å². The van der Waals surface area contributed by atoms with Crippen molar-refractivity contribution in [3.63, 3.8) is 0 Å². The number of ether oxygens (including phenoxy) is 1. The van der Waals surface area contributed by atoms with Gasteiger partial charge in [-0.2, -0.15) is 0 Å². The summed E-state index contributed by atoms with van der Waals surface area (Å²) in [6.45, 7) is 7.42. The van der Waals surface area contributed by atoms with Crippen LogP contribution in [-0.2, 0) is 6.42 Å². The number of nitrogens with zero attached hydrogens (tertiary/aromatic N) is 3. The molecule has 0 spiro atoms. The summed E-state index contributed by atoms with van der Waals surface area (Å²) in [5.74, 6) is 0.787. The fourth-order valence-electron chi connectivity index (χ4n) is 4.02. The molecular formula is C28H31FN4O2. The molecule has 0 saturated carbocycles. The molecule has 0 unspecified atom stereocenters. The number of nitrogens with one attached hydrogen (secondary N) is 1. The number of amides is 1. The molecular weight excluding hydrogens is 443 g/mol.